The van der Waals surface area contributed by atoms with Crippen LogP contribution in [0.25, 0.3) is 11.4 Å². The molecule has 1 heterocycles. The lowest BCUT2D eigenvalue weighted by molar-refractivity contribution is 0.152. The van der Waals surface area contributed by atoms with Crippen molar-refractivity contribution in [1.29, 1.82) is 0 Å². The highest BCUT2D eigenvalue weighted by Crippen LogP contribution is 2.23. The zero-order chi connectivity index (χ0) is 15.5. The molecule has 5 heteroatoms. The van der Waals surface area contributed by atoms with Gasteiger partial charge in [-0.3, -0.25) is 0 Å². The number of aliphatic hydroxyl groups is 1. The number of imidazole rings is 1. The standard InChI is InChI=1S/C17H14F2N2O/c18-13-6-7-15(19)14(10-13)16(22)11-21-9-8-20-17(21)12-4-2-1-3-5-12/h1-10,16,22H,11H2. The maximum absolute atomic E-state index is 13.7. The second-order valence-corrected chi connectivity index (χ2v) is 4.95. The first-order valence-corrected chi connectivity index (χ1v) is 6.84. The molecule has 0 radical (unpaired) electrons. The Labute approximate surface area is 126 Å². The SMILES string of the molecule is OC(Cn1ccnc1-c1ccccc1)c1cc(F)ccc1F. The number of hydrogen-bond donors (Lipinski definition) is 1. The fraction of sp³-hybridized carbons (Fsp3) is 0.118. The second-order valence-electron chi connectivity index (χ2n) is 4.95. The van der Waals surface area contributed by atoms with Crippen molar-refractivity contribution in [3.8, 4) is 11.4 Å². The number of nitrogens with zero attached hydrogens (tertiary/aromatic N) is 2. The van der Waals surface area contributed by atoms with E-state index >= 15 is 0 Å². The molecule has 1 aromatic heterocycles. The van der Waals surface area contributed by atoms with Crippen molar-refractivity contribution < 1.29 is 13.9 Å². The molecule has 0 spiro atoms. The first-order valence-electron chi connectivity index (χ1n) is 6.84. The lowest BCUT2D eigenvalue weighted by Gasteiger charge is -2.15. The van der Waals surface area contributed by atoms with Gasteiger partial charge in [0.2, 0.25) is 0 Å². The highest BCUT2D eigenvalue weighted by atomic mass is 19.1. The molecular weight excluding hydrogens is 286 g/mol. The zero-order valence-electron chi connectivity index (χ0n) is 11.7. The summed E-state index contributed by atoms with van der Waals surface area (Å²) in [6, 6.07) is 12.5. The van der Waals surface area contributed by atoms with Crippen molar-refractivity contribution in [2.75, 3.05) is 0 Å². The number of hydrogen-bond acceptors (Lipinski definition) is 2. The van der Waals surface area contributed by atoms with Crippen molar-refractivity contribution in [2.45, 2.75) is 12.6 Å². The predicted molar refractivity (Wildman–Crippen MR) is 79.0 cm³/mol. The molecule has 0 aliphatic heterocycles. The van der Waals surface area contributed by atoms with Gasteiger partial charge in [0.05, 0.1) is 12.6 Å². The van der Waals surface area contributed by atoms with Crippen LogP contribution in [0.2, 0.25) is 0 Å². The van der Waals surface area contributed by atoms with E-state index in [9.17, 15) is 13.9 Å². The highest BCUT2D eigenvalue weighted by Gasteiger charge is 2.16. The van der Waals surface area contributed by atoms with Gasteiger partial charge in [-0.1, -0.05) is 30.3 Å². The summed E-state index contributed by atoms with van der Waals surface area (Å²) in [6.07, 6.45) is 2.15. The molecule has 0 saturated heterocycles. The molecule has 3 aromatic rings. The summed E-state index contributed by atoms with van der Waals surface area (Å²) in [7, 11) is 0. The van der Waals surface area contributed by atoms with Crippen LogP contribution in [-0.2, 0) is 6.54 Å². The zero-order valence-corrected chi connectivity index (χ0v) is 11.7. The fourth-order valence-corrected chi connectivity index (χ4v) is 2.36. The number of halogens is 2. The summed E-state index contributed by atoms with van der Waals surface area (Å²) in [5, 5.41) is 10.2. The number of benzene rings is 2. The minimum atomic E-state index is -1.16. The van der Waals surface area contributed by atoms with Gasteiger partial charge in [-0.15, -0.1) is 0 Å². The molecule has 1 N–H and O–H groups in total. The summed E-state index contributed by atoms with van der Waals surface area (Å²) < 4.78 is 28.7. The van der Waals surface area contributed by atoms with E-state index in [1.165, 1.54) is 0 Å². The van der Waals surface area contributed by atoms with Crippen LogP contribution in [0.3, 0.4) is 0 Å². The van der Waals surface area contributed by atoms with Gasteiger partial charge in [-0.05, 0) is 18.2 Å². The van der Waals surface area contributed by atoms with Gasteiger partial charge in [-0.25, -0.2) is 13.8 Å². The highest BCUT2D eigenvalue weighted by molar-refractivity contribution is 5.55. The molecule has 0 saturated carbocycles. The average molecular weight is 300 g/mol. The Kier molecular flexibility index (Phi) is 3.98. The molecule has 0 amide bonds. The minimum absolute atomic E-state index is 0.0623. The van der Waals surface area contributed by atoms with Crippen molar-refractivity contribution in [2.24, 2.45) is 0 Å². The molecule has 2 aromatic carbocycles. The van der Waals surface area contributed by atoms with Gasteiger partial charge in [-0.2, -0.15) is 0 Å². The average Bonchev–Trinajstić information content (AvgIpc) is 2.98. The van der Waals surface area contributed by atoms with Crippen LogP contribution in [-0.4, -0.2) is 14.7 Å². The molecule has 112 valence electrons. The van der Waals surface area contributed by atoms with E-state index in [4.69, 9.17) is 0 Å². The number of aromatic nitrogens is 2. The maximum Gasteiger partial charge on any atom is 0.139 e. The molecule has 0 aliphatic carbocycles. The summed E-state index contributed by atoms with van der Waals surface area (Å²) in [4.78, 5) is 4.26. The molecule has 0 fully saturated rings. The van der Waals surface area contributed by atoms with Crippen molar-refractivity contribution in [1.82, 2.24) is 9.55 Å². The molecule has 3 nitrogen and oxygen atoms in total. The number of aliphatic hydroxyl groups excluding tert-OH is 1. The lowest BCUT2D eigenvalue weighted by Crippen LogP contribution is -2.11. The van der Waals surface area contributed by atoms with E-state index in [-0.39, 0.29) is 12.1 Å². The van der Waals surface area contributed by atoms with Crippen LogP contribution in [0.15, 0.2) is 60.9 Å². The summed E-state index contributed by atoms with van der Waals surface area (Å²) in [6.45, 7) is 0.0879. The Bertz CT molecular complexity index is 771. The van der Waals surface area contributed by atoms with Gasteiger partial charge in [0.1, 0.15) is 17.5 Å². The van der Waals surface area contributed by atoms with Crippen molar-refractivity contribution in [3.05, 3.63) is 78.1 Å². The Morgan fingerprint density at radius 1 is 1.09 bits per heavy atom. The first kappa shape index (κ1) is 14.4. The molecule has 22 heavy (non-hydrogen) atoms. The second kappa shape index (κ2) is 6.07. The smallest absolute Gasteiger partial charge is 0.139 e. The Balaban J connectivity index is 1.88. The molecule has 0 aliphatic rings. The first-order chi connectivity index (χ1) is 10.6. The quantitative estimate of drug-likeness (QED) is 0.800. The van der Waals surface area contributed by atoms with Crippen LogP contribution in [0.4, 0.5) is 8.78 Å². The van der Waals surface area contributed by atoms with Gasteiger partial charge in [0.15, 0.2) is 0 Å². The van der Waals surface area contributed by atoms with Crippen LogP contribution >= 0.6 is 0 Å². The van der Waals surface area contributed by atoms with Crippen LogP contribution < -0.4 is 0 Å². The molecule has 1 unspecified atom stereocenters. The van der Waals surface area contributed by atoms with Gasteiger partial charge in [0.25, 0.3) is 0 Å². The summed E-state index contributed by atoms with van der Waals surface area (Å²) in [5.41, 5.74) is 0.826. The van der Waals surface area contributed by atoms with Crippen LogP contribution in [0, 0.1) is 11.6 Å². The third-order valence-electron chi connectivity index (χ3n) is 3.43. The van der Waals surface area contributed by atoms with E-state index in [2.05, 4.69) is 4.98 Å². The van der Waals surface area contributed by atoms with Crippen molar-refractivity contribution >= 4 is 0 Å². The third kappa shape index (κ3) is 2.89. The van der Waals surface area contributed by atoms with Gasteiger partial charge in [0, 0.05) is 23.5 Å². The summed E-state index contributed by atoms with van der Waals surface area (Å²) >= 11 is 0. The molecular formula is C17H14F2N2O. The van der Waals surface area contributed by atoms with E-state index in [0.717, 1.165) is 23.8 Å². The molecule has 3 rings (SSSR count). The van der Waals surface area contributed by atoms with Crippen LogP contribution in [0.1, 0.15) is 11.7 Å². The summed E-state index contributed by atoms with van der Waals surface area (Å²) in [5.74, 6) is -0.545. The van der Waals surface area contributed by atoms with E-state index in [1.807, 2.05) is 30.3 Å². The maximum atomic E-state index is 13.7. The Morgan fingerprint density at radius 2 is 1.86 bits per heavy atom. The number of rotatable bonds is 4. The Hall–Kier alpha value is -2.53. The van der Waals surface area contributed by atoms with E-state index in [1.54, 1.807) is 17.0 Å². The normalized spacial score (nSPS) is 12.3. The lowest BCUT2D eigenvalue weighted by atomic mass is 10.1. The van der Waals surface area contributed by atoms with Crippen LogP contribution in [0.5, 0.6) is 0 Å². The van der Waals surface area contributed by atoms with Crippen molar-refractivity contribution in [3.63, 3.8) is 0 Å². The van der Waals surface area contributed by atoms with Gasteiger partial charge >= 0.3 is 0 Å². The fourth-order valence-electron chi connectivity index (χ4n) is 2.36. The van der Waals surface area contributed by atoms with E-state index in [0.29, 0.717) is 5.82 Å². The van der Waals surface area contributed by atoms with E-state index < -0.39 is 17.7 Å². The van der Waals surface area contributed by atoms with Gasteiger partial charge < -0.3 is 9.67 Å². The Morgan fingerprint density at radius 3 is 2.64 bits per heavy atom. The predicted octanol–water partition coefficient (Wildman–Crippen LogP) is 3.56. The monoisotopic (exact) mass is 300 g/mol. The third-order valence-corrected chi connectivity index (χ3v) is 3.43. The topological polar surface area (TPSA) is 38.0 Å². The minimum Gasteiger partial charge on any atom is -0.386 e. The largest absolute Gasteiger partial charge is 0.386 e. The molecule has 0 bridgehead atoms. The molecule has 1 atom stereocenters.